The van der Waals surface area contributed by atoms with Gasteiger partial charge in [-0.3, -0.25) is 0 Å². The molecule has 2 N–H and O–H groups in total. The summed E-state index contributed by atoms with van der Waals surface area (Å²) in [4.78, 5) is 13.4. The summed E-state index contributed by atoms with van der Waals surface area (Å²) in [5, 5.41) is 0.429. The van der Waals surface area contributed by atoms with Crippen LogP contribution < -0.4 is 5.73 Å². The summed E-state index contributed by atoms with van der Waals surface area (Å²) >= 11 is 11.0. The number of carbonyl (C=O) groups is 1. The lowest BCUT2D eigenvalue weighted by molar-refractivity contribution is 0.0597. The van der Waals surface area contributed by atoms with Gasteiger partial charge in [-0.15, -0.1) is 0 Å². The molecule has 2 rings (SSSR count). The zero-order valence-corrected chi connectivity index (χ0v) is 13.7. The lowest BCUT2D eigenvalue weighted by Gasteiger charge is -2.11. The van der Waals surface area contributed by atoms with E-state index in [1.165, 1.54) is 18.9 Å². The van der Waals surface area contributed by atoms with Crippen molar-refractivity contribution in [1.29, 1.82) is 0 Å². The van der Waals surface area contributed by atoms with Gasteiger partial charge in [0.1, 0.15) is 0 Å². The largest absolute Gasteiger partial charge is 0.465 e. The molecule has 0 saturated heterocycles. The number of nitrogen functional groups attached to an aromatic ring is 1. The number of rotatable bonds is 3. The van der Waals surface area contributed by atoms with Crippen molar-refractivity contribution in [3.8, 4) is 0 Å². The standard InChI is InChI=1S/C14H11BrClNO2S/c1-19-14(18)11-6-9(17)7-12(16)13(11)20-10-4-2-8(15)3-5-10/h2-7H,17H2,1H3. The van der Waals surface area contributed by atoms with Gasteiger partial charge in [-0.1, -0.05) is 39.3 Å². The van der Waals surface area contributed by atoms with Crippen molar-refractivity contribution < 1.29 is 9.53 Å². The zero-order chi connectivity index (χ0) is 14.7. The van der Waals surface area contributed by atoms with Crippen molar-refractivity contribution >= 4 is 50.9 Å². The van der Waals surface area contributed by atoms with Crippen LogP contribution in [0, 0.1) is 0 Å². The number of hydrogen-bond donors (Lipinski definition) is 1. The number of hydrogen-bond acceptors (Lipinski definition) is 4. The predicted molar refractivity (Wildman–Crippen MR) is 85.5 cm³/mol. The van der Waals surface area contributed by atoms with E-state index in [0.717, 1.165) is 9.37 Å². The van der Waals surface area contributed by atoms with Crippen LogP contribution in [0.1, 0.15) is 10.4 Å². The van der Waals surface area contributed by atoms with Crippen LogP contribution in [0.5, 0.6) is 0 Å². The smallest absolute Gasteiger partial charge is 0.339 e. The van der Waals surface area contributed by atoms with Gasteiger partial charge in [0.15, 0.2) is 0 Å². The highest BCUT2D eigenvalue weighted by molar-refractivity contribution is 9.10. The molecular formula is C14H11BrClNO2S. The van der Waals surface area contributed by atoms with Gasteiger partial charge in [-0.05, 0) is 36.4 Å². The molecule has 20 heavy (non-hydrogen) atoms. The lowest BCUT2D eigenvalue weighted by atomic mass is 10.2. The Morgan fingerprint density at radius 1 is 1.30 bits per heavy atom. The summed E-state index contributed by atoms with van der Waals surface area (Å²) in [6, 6.07) is 10.9. The SMILES string of the molecule is COC(=O)c1cc(N)cc(Cl)c1Sc1ccc(Br)cc1. The Balaban J connectivity index is 2.44. The average molecular weight is 373 g/mol. The van der Waals surface area contributed by atoms with Crippen molar-refractivity contribution in [2.24, 2.45) is 0 Å². The maximum Gasteiger partial charge on any atom is 0.339 e. The van der Waals surface area contributed by atoms with Gasteiger partial charge >= 0.3 is 5.97 Å². The van der Waals surface area contributed by atoms with Crippen LogP contribution in [-0.4, -0.2) is 13.1 Å². The Labute approximate surface area is 134 Å². The topological polar surface area (TPSA) is 52.3 Å². The van der Waals surface area contributed by atoms with E-state index in [2.05, 4.69) is 15.9 Å². The number of carbonyl (C=O) groups excluding carboxylic acids is 1. The Kier molecular flexibility index (Phi) is 4.96. The minimum atomic E-state index is -0.459. The molecule has 2 aromatic rings. The summed E-state index contributed by atoms with van der Waals surface area (Å²) in [5.41, 5.74) is 6.52. The second kappa shape index (κ2) is 6.52. The number of halogens is 2. The molecule has 104 valence electrons. The maximum atomic E-state index is 11.8. The number of anilines is 1. The molecule has 6 heteroatoms. The van der Waals surface area contributed by atoms with E-state index in [0.29, 0.717) is 21.2 Å². The molecule has 0 saturated carbocycles. The number of ether oxygens (including phenoxy) is 1. The molecule has 0 amide bonds. The second-order valence-electron chi connectivity index (χ2n) is 3.93. The molecule has 0 spiro atoms. The zero-order valence-electron chi connectivity index (χ0n) is 10.5. The van der Waals surface area contributed by atoms with Crippen LogP contribution in [0.15, 0.2) is 50.7 Å². The molecule has 0 aliphatic heterocycles. The third kappa shape index (κ3) is 3.48. The monoisotopic (exact) mass is 371 g/mol. The average Bonchev–Trinajstić information content (AvgIpc) is 2.42. The molecule has 3 nitrogen and oxygen atoms in total. The fourth-order valence-electron chi connectivity index (χ4n) is 1.60. The van der Waals surface area contributed by atoms with E-state index in [9.17, 15) is 4.79 Å². The summed E-state index contributed by atoms with van der Waals surface area (Å²) < 4.78 is 5.75. The van der Waals surface area contributed by atoms with Gasteiger partial charge < -0.3 is 10.5 Å². The normalized spacial score (nSPS) is 10.3. The van der Waals surface area contributed by atoms with Crippen LogP contribution >= 0.6 is 39.3 Å². The fraction of sp³-hybridized carbons (Fsp3) is 0.0714. The second-order valence-corrected chi connectivity index (χ2v) is 6.33. The molecule has 0 fully saturated rings. The first-order valence-corrected chi connectivity index (χ1v) is 7.60. The minimum Gasteiger partial charge on any atom is -0.465 e. The van der Waals surface area contributed by atoms with Gasteiger partial charge in [-0.2, -0.15) is 0 Å². The molecule has 0 atom stereocenters. The Morgan fingerprint density at radius 3 is 2.55 bits per heavy atom. The van der Waals surface area contributed by atoms with E-state index in [-0.39, 0.29) is 0 Å². The maximum absolute atomic E-state index is 11.8. The molecule has 0 aliphatic rings. The highest BCUT2D eigenvalue weighted by Gasteiger charge is 2.17. The highest BCUT2D eigenvalue weighted by Crippen LogP contribution is 2.38. The molecule has 0 heterocycles. The summed E-state index contributed by atoms with van der Waals surface area (Å²) in [5.74, 6) is -0.459. The third-order valence-electron chi connectivity index (χ3n) is 2.50. The van der Waals surface area contributed by atoms with Crippen molar-refractivity contribution in [3.05, 3.63) is 51.5 Å². The van der Waals surface area contributed by atoms with Crippen LogP contribution in [0.4, 0.5) is 5.69 Å². The van der Waals surface area contributed by atoms with Gasteiger partial charge in [0, 0.05) is 20.0 Å². The van der Waals surface area contributed by atoms with Crippen LogP contribution in [0.3, 0.4) is 0 Å². The first-order valence-electron chi connectivity index (χ1n) is 5.62. The van der Waals surface area contributed by atoms with Gasteiger partial charge in [0.25, 0.3) is 0 Å². The minimum absolute atomic E-state index is 0.366. The Hall–Kier alpha value is -1.17. The molecule has 0 unspecified atom stereocenters. The summed E-state index contributed by atoms with van der Waals surface area (Å²) in [6.45, 7) is 0. The van der Waals surface area contributed by atoms with Crippen molar-refractivity contribution in [1.82, 2.24) is 0 Å². The first-order chi connectivity index (χ1) is 9.51. The van der Waals surface area contributed by atoms with E-state index >= 15 is 0 Å². The molecule has 0 radical (unpaired) electrons. The van der Waals surface area contributed by atoms with E-state index < -0.39 is 5.97 Å². The number of nitrogens with two attached hydrogens (primary N) is 1. The van der Waals surface area contributed by atoms with Crippen LogP contribution in [0.2, 0.25) is 5.02 Å². The molecule has 2 aromatic carbocycles. The fourth-order valence-corrected chi connectivity index (χ4v) is 3.12. The molecule has 0 bridgehead atoms. The number of benzene rings is 2. The van der Waals surface area contributed by atoms with E-state index in [4.69, 9.17) is 22.1 Å². The van der Waals surface area contributed by atoms with Crippen molar-refractivity contribution in [2.75, 3.05) is 12.8 Å². The number of methoxy groups -OCH3 is 1. The van der Waals surface area contributed by atoms with E-state index in [1.54, 1.807) is 12.1 Å². The van der Waals surface area contributed by atoms with Gasteiger partial charge in [0.2, 0.25) is 0 Å². The quantitative estimate of drug-likeness (QED) is 0.631. The van der Waals surface area contributed by atoms with Crippen LogP contribution in [0.25, 0.3) is 0 Å². The number of esters is 1. The van der Waals surface area contributed by atoms with Crippen molar-refractivity contribution in [3.63, 3.8) is 0 Å². The predicted octanol–water partition coefficient (Wildman–Crippen LogP) is 4.62. The molecule has 0 aromatic heterocycles. The Morgan fingerprint density at radius 2 is 1.95 bits per heavy atom. The third-order valence-corrected chi connectivity index (χ3v) is 4.60. The Bertz CT molecular complexity index is 646. The summed E-state index contributed by atoms with van der Waals surface area (Å²) in [7, 11) is 1.33. The highest BCUT2D eigenvalue weighted by atomic mass is 79.9. The summed E-state index contributed by atoms with van der Waals surface area (Å²) in [6.07, 6.45) is 0. The van der Waals surface area contributed by atoms with Crippen molar-refractivity contribution in [2.45, 2.75) is 9.79 Å². The first kappa shape index (κ1) is 15.2. The van der Waals surface area contributed by atoms with Crippen LogP contribution in [-0.2, 0) is 4.74 Å². The van der Waals surface area contributed by atoms with Gasteiger partial charge in [0.05, 0.1) is 17.7 Å². The molecule has 0 aliphatic carbocycles. The molecular weight excluding hydrogens is 362 g/mol. The van der Waals surface area contributed by atoms with E-state index in [1.807, 2.05) is 24.3 Å². The lowest BCUT2D eigenvalue weighted by Crippen LogP contribution is -2.04. The van der Waals surface area contributed by atoms with Gasteiger partial charge in [-0.25, -0.2) is 4.79 Å².